The molecule has 1 N–H and O–H groups in total. The summed E-state index contributed by atoms with van der Waals surface area (Å²) >= 11 is 0. The molecule has 1 amide bonds. The molecule has 1 saturated heterocycles. The molecule has 0 spiro atoms. The number of carbonyl (C=O) groups excluding carboxylic acids is 1. The first-order valence-corrected chi connectivity index (χ1v) is 7.26. The summed E-state index contributed by atoms with van der Waals surface area (Å²) in [7, 11) is 0. The minimum absolute atomic E-state index is 0.0592. The maximum atomic E-state index is 13.5. The van der Waals surface area contributed by atoms with Crippen molar-refractivity contribution in [2.24, 2.45) is 5.92 Å². The lowest BCUT2D eigenvalue weighted by atomic mass is 10.0. The lowest BCUT2D eigenvalue weighted by molar-refractivity contribution is -0.154. The van der Waals surface area contributed by atoms with Crippen LogP contribution in [0.5, 0.6) is 0 Å². The van der Waals surface area contributed by atoms with E-state index in [1.54, 1.807) is 18.2 Å². The predicted molar refractivity (Wildman–Crippen MR) is 77.2 cm³/mol. The second-order valence-corrected chi connectivity index (χ2v) is 5.71. The van der Waals surface area contributed by atoms with Gasteiger partial charge in [-0.3, -0.25) is 4.79 Å². The van der Waals surface area contributed by atoms with E-state index in [4.69, 9.17) is 9.47 Å². The summed E-state index contributed by atoms with van der Waals surface area (Å²) in [5.74, 6) is -0.848. The van der Waals surface area contributed by atoms with Crippen LogP contribution in [0.25, 0.3) is 0 Å². The van der Waals surface area contributed by atoms with Gasteiger partial charge in [-0.1, -0.05) is 25.1 Å². The molecule has 21 heavy (non-hydrogen) atoms. The molecule has 0 aromatic heterocycles. The van der Waals surface area contributed by atoms with Gasteiger partial charge in [0.05, 0.1) is 19.6 Å². The number of ether oxygens (including phenoxy) is 2. The topological polar surface area (TPSA) is 47.6 Å². The van der Waals surface area contributed by atoms with Crippen LogP contribution in [-0.2, 0) is 20.7 Å². The minimum Gasteiger partial charge on any atom is -0.356 e. The highest BCUT2D eigenvalue weighted by Gasteiger charge is 2.32. The minimum atomic E-state index is -0.546. The second-order valence-electron chi connectivity index (χ2n) is 5.71. The third kappa shape index (κ3) is 4.79. The molecule has 1 unspecified atom stereocenters. The van der Waals surface area contributed by atoms with Crippen LogP contribution >= 0.6 is 0 Å². The Kier molecular flexibility index (Phi) is 5.31. The summed E-state index contributed by atoms with van der Waals surface area (Å²) in [6.07, 6.45) is 0.774. The average molecular weight is 295 g/mol. The molecule has 1 aliphatic heterocycles. The van der Waals surface area contributed by atoms with Crippen LogP contribution in [-0.4, -0.2) is 31.5 Å². The van der Waals surface area contributed by atoms with Crippen molar-refractivity contribution in [3.05, 3.63) is 35.6 Å². The normalized spacial score (nSPS) is 18.4. The zero-order valence-electron chi connectivity index (χ0n) is 12.5. The Labute approximate surface area is 124 Å². The fourth-order valence-electron chi connectivity index (χ4n) is 2.55. The van der Waals surface area contributed by atoms with E-state index in [0.717, 1.165) is 0 Å². The molecular weight excluding hydrogens is 273 g/mol. The van der Waals surface area contributed by atoms with Gasteiger partial charge in [0, 0.05) is 13.0 Å². The lowest BCUT2D eigenvalue weighted by Gasteiger charge is -2.26. The molecule has 4 nitrogen and oxygen atoms in total. The number of rotatable bonds is 6. The van der Waals surface area contributed by atoms with E-state index in [0.29, 0.717) is 31.7 Å². The van der Waals surface area contributed by atoms with Crippen molar-refractivity contribution in [2.45, 2.75) is 32.5 Å². The largest absolute Gasteiger partial charge is 0.356 e. The van der Waals surface area contributed by atoms with Gasteiger partial charge in [0.15, 0.2) is 5.79 Å². The Morgan fingerprint density at radius 2 is 2.05 bits per heavy atom. The summed E-state index contributed by atoms with van der Waals surface area (Å²) in [6.45, 7) is 5.69. The number of benzene rings is 1. The number of carbonyl (C=O) groups is 1. The molecule has 1 atom stereocenters. The van der Waals surface area contributed by atoms with Crippen molar-refractivity contribution in [3.8, 4) is 0 Å². The molecule has 2 rings (SSSR count). The summed E-state index contributed by atoms with van der Waals surface area (Å²) in [6, 6.07) is 6.32. The first kappa shape index (κ1) is 15.9. The maximum absolute atomic E-state index is 13.5. The quantitative estimate of drug-likeness (QED) is 0.876. The van der Waals surface area contributed by atoms with E-state index >= 15 is 0 Å². The molecule has 1 aromatic rings. The van der Waals surface area contributed by atoms with Crippen LogP contribution < -0.4 is 5.32 Å². The third-order valence-corrected chi connectivity index (χ3v) is 3.57. The summed E-state index contributed by atoms with van der Waals surface area (Å²) in [5.41, 5.74) is 0.414. The molecule has 0 aliphatic carbocycles. The van der Waals surface area contributed by atoms with Gasteiger partial charge in [-0.05, 0) is 24.5 Å². The molecule has 0 bridgehead atoms. The molecule has 1 heterocycles. The average Bonchev–Trinajstić information content (AvgIpc) is 2.85. The highest BCUT2D eigenvalue weighted by Crippen LogP contribution is 2.26. The molecule has 5 heteroatoms. The Morgan fingerprint density at radius 1 is 1.38 bits per heavy atom. The first-order valence-electron chi connectivity index (χ1n) is 7.26. The van der Waals surface area contributed by atoms with Crippen molar-refractivity contribution >= 4 is 5.91 Å². The first-order chi connectivity index (χ1) is 9.98. The standard InChI is InChI=1S/C16H22FNO3/c1-12(10-16(2)20-7-8-21-16)11-18-15(19)9-13-5-3-4-6-14(13)17/h3-6,12H,7-11H2,1-2H3,(H,18,19). The summed E-state index contributed by atoms with van der Waals surface area (Å²) < 4.78 is 24.5. The van der Waals surface area contributed by atoms with E-state index in [9.17, 15) is 9.18 Å². The van der Waals surface area contributed by atoms with Gasteiger partial charge in [-0.2, -0.15) is 0 Å². The van der Waals surface area contributed by atoms with Crippen molar-refractivity contribution in [2.75, 3.05) is 19.8 Å². The van der Waals surface area contributed by atoms with E-state index in [1.165, 1.54) is 6.07 Å². The van der Waals surface area contributed by atoms with Gasteiger partial charge in [-0.15, -0.1) is 0 Å². The summed E-state index contributed by atoms with van der Waals surface area (Å²) in [4.78, 5) is 11.8. The van der Waals surface area contributed by atoms with Crippen molar-refractivity contribution in [1.82, 2.24) is 5.32 Å². The van der Waals surface area contributed by atoms with Gasteiger partial charge in [0.1, 0.15) is 5.82 Å². The molecule has 0 saturated carbocycles. The SMILES string of the molecule is CC(CNC(=O)Cc1ccccc1F)CC1(C)OCCO1. The smallest absolute Gasteiger partial charge is 0.224 e. The van der Waals surface area contributed by atoms with Crippen LogP contribution in [0.4, 0.5) is 4.39 Å². The van der Waals surface area contributed by atoms with Gasteiger partial charge < -0.3 is 14.8 Å². The Morgan fingerprint density at radius 3 is 2.71 bits per heavy atom. The third-order valence-electron chi connectivity index (χ3n) is 3.57. The van der Waals surface area contributed by atoms with Crippen LogP contribution in [0.3, 0.4) is 0 Å². The van der Waals surface area contributed by atoms with Crippen LogP contribution in [0.15, 0.2) is 24.3 Å². The molecule has 116 valence electrons. The number of hydrogen-bond donors (Lipinski definition) is 1. The van der Waals surface area contributed by atoms with Crippen LogP contribution in [0.2, 0.25) is 0 Å². The van der Waals surface area contributed by atoms with Crippen molar-refractivity contribution in [3.63, 3.8) is 0 Å². The molecule has 0 radical (unpaired) electrons. The molecule has 1 aromatic carbocycles. The zero-order valence-corrected chi connectivity index (χ0v) is 12.5. The number of nitrogens with one attached hydrogen (secondary N) is 1. The number of hydrogen-bond acceptors (Lipinski definition) is 3. The molecular formula is C16H22FNO3. The fraction of sp³-hybridized carbons (Fsp3) is 0.562. The molecule has 1 fully saturated rings. The van der Waals surface area contributed by atoms with Crippen molar-refractivity contribution in [1.29, 1.82) is 0 Å². The highest BCUT2D eigenvalue weighted by molar-refractivity contribution is 5.78. The number of halogens is 1. The molecule has 1 aliphatic rings. The Balaban J connectivity index is 1.75. The van der Waals surface area contributed by atoms with E-state index in [2.05, 4.69) is 5.32 Å². The second kappa shape index (κ2) is 7.00. The van der Waals surface area contributed by atoms with Gasteiger partial charge >= 0.3 is 0 Å². The highest BCUT2D eigenvalue weighted by atomic mass is 19.1. The Bertz CT molecular complexity index is 486. The predicted octanol–water partition coefficient (Wildman–Crippen LogP) is 2.27. The van der Waals surface area contributed by atoms with Crippen LogP contribution in [0, 0.1) is 11.7 Å². The van der Waals surface area contributed by atoms with E-state index in [1.807, 2.05) is 13.8 Å². The van der Waals surface area contributed by atoms with Gasteiger partial charge in [0.2, 0.25) is 5.91 Å². The van der Waals surface area contributed by atoms with Crippen LogP contribution in [0.1, 0.15) is 25.8 Å². The summed E-state index contributed by atoms with van der Waals surface area (Å²) in [5, 5.41) is 2.83. The monoisotopic (exact) mass is 295 g/mol. The Hall–Kier alpha value is -1.46. The lowest BCUT2D eigenvalue weighted by Crippen LogP contribution is -2.35. The van der Waals surface area contributed by atoms with E-state index in [-0.39, 0.29) is 24.1 Å². The van der Waals surface area contributed by atoms with E-state index < -0.39 is 5.79 Å². The van der Waals surface area contributed by atoms with Gasteiger partial charge in [0.25, 0.3) is 0 Å². The maximum Gasteiger partial charge on any atom is 0.224 e. The fourth-order valence-corrected chi connectivity index (χ4v) is 2.55. The zero-order chi connectivity index (χ0) is 15.3. The number of amides is 1. The van der Waals surface area contributed by atoms with Gasteiger partial charge in [-0.25, -0.2) is 4.39 Å². The van der Waals surface area contributed by atoms with Crippen molar-refractivity contribution < 1.29 is 18.7 Å².